The van der Waals surface area contributed by atoms with E-state index in [1.54, 1.807) is 6.08 Å². The van der Waals surface area contributed by atoms with Crippen LogP contribution in [-0.2, 0) is 0 Å². The molecule has 0 aliphatic carbocycles. The van der Waals surface area contributed by atoms with Crippen molar-refractivity contribution >= 4 is 32.8 Å². The summed E-state index contributed by atoms with van der Waals surface area (Å²) >= 11 is 3.11. The number of nitro groups is 1. The topological polar surface area (TPSA) is 43.1 Å². The molecule has 86 valence electrons. The van der Waals surface area contributed by atoms with Gasteiger partial charge in [-0.1, -0.05) is 52.3 Å². The zero-order chi connectivity index (χ0) is 12.3. The minimum absolute atomic E-state index is 0.153. The monoisotopic (exact) mass is 291 g/mol. The normalized spacial score (nSPS) is 11.7. The Morgan fingerprint density at radius 2 is 1.94 bits per heavy atom. The molecule has 17 heavy (non-hydrogen) atoms. The van der Waals surface area contributed by atoms with Crippen molar-refractivity contribution in [1.82, 2.24) is 0 Å². The highest BCUT2D eigenvalue weighted by molar-refractivity contribution is 9.09. The van der Waals surface area contributed by atoms with Crippen molar-refractivity contribution in [2.45, 2.75) is 0 Å². The minimum Gasteiger partial charge on any atom is -0.259 e. The largest absolute Gasteiger partial charge is 0.259 e. The average Bonchev–Trinajstić information content (AvgIpc) is 2.35. The molecular weight excluding hydrogens is 282 g/mol. The standard InChI is InChI=1S/C13H10BrNO2/c14-9-13(15(16)17)8-10-5-6-11-3-1-2-4-12(11)7-10/h1-8H,9H2/b13-8+. The van der Waals surface area contributed by atoms with Crippen molar-refractivity contribution in [2.24, 2.45) is 0 Å². The van der Waals surface area contributed by atoms with E-state index in [2.05, 4.69) is 15.9 Å². The Morgan fingerprint density at radius 3 is 2.59 bits per heavy atom. The van der Waals surface area contributed by atoms with Crippen LogP contribution >= 0.6 is 15.9 Å². The second-order valence-corrected chi connectivity index (χ2v) is 4.19. The van der Waals surface area contributed by atoms with Crippen molar-refractivity contribution in [3.8, 4) is 0 Å². The van der Waals surface area contributed by atoms with Gasteiger partial charge in [0.25, 0.3) is 5.70 Å². The molecule has 0 bridgehead atoms. The molecule has 0 aromatic heterocycles. The van der Waals surface area contributed by atoms with Crippen LogP contribution < -0.4 is 0 Å². The van der Waals surface area contributed by atoms with Crippen molar-refractivity contribution < 1.29 is 4.92 Å². The van der Waals surface area contributed by atoms with Gasteiger partial charge in [0.1, 0.15) is 0 Å². The van der Waals surface area contributed by atoms with Crippen LogP contribution in [0.25, 0.3) is 16.8 Å². The fourth-order valence-electron chi connectivity index (χ4n) is 1.63. The van der Waals surface area contributed by atoms with Crippen LogP contribution in [0.2, 0.25) is 0 Å². The molecule has 3 nitrogen and oxygen atoms in total. The predicted molar refractivity (Wildman–Crippen MR) is 72.7 cm³/mol. The SMILES string of the molecule is O=[N+]([O-])/C(=C/c1ccc2ccccc2c1)CBr. The van der Waals surface area contributed by atoms with Crippen molar-refractivity contribution in [3.63, 3.8) is 0 Å². The predicted octanol–water partition coefficient (Wildman–Crippen LogP) is 3.85. The molecule has 2 rings (SSSR count). The third-order valence-electron chi connectivity index (χ3n) is 2.48. The lowest BCUT2D eigenvalue weighted by Crippen LogP contribution is -1.99. The summed E-state index contributed by atoms with van der Waals surface area (Å²) in [4.78, 5) is 10.3. The first-order valence-electron chi connectivity index (χ1n) is 5.10. The number of fused-ring (bicyclic) bond motifs is 1. The van der Waals surface area contributed by atoms with Crippen LogP contribution in [0, 0.1) is 10.1 Å². The molecule has 2 aromatic rings. The van der Waals surface area contributed by atoms with E-state index in [1.165, 1.54) is 0 Å². The molecule has 0 spiro atoms. The van der Waals surface area contributed by atoms with Crippen molar-refractivity contribution in [2.75, 3.05) is 5.33 Å². The molecule has 0 fully saturated rings. The maximum atomic E-state index is 10.7. The van der Waals surface area contributed by atoms with E-state index in [0.29, 0.717) is 0 Å². The van der Waals surface area contributed by atoms with Gasteiger partial charge in [0.15, 0.2) is 0 Å². The second-order valence-electron chi connectivity index (χ2n) is 3.63. The number of nitrogens with zero attached hydrogens (tertiary/aromatic N) is 1. The number of halogens is 1. The molecule has 0 radical (unpaired) electrons. The summed E-state index contributed by atoms with van der Waals surface area (Å²) in [5.74, 6) is 0. The third-order valence-corrected chi connectivity index (χ3v) is 3.05. The molecule has 0 atom stereocenters. The molecule has 0 aliphatic heterocycles. The Kier molecular flexibility index (Phi) is 3.54. The van der Waals surface area contributed by atoms with Gasteiger partial charge in [-0.05, 0) is 22.4 Å². The number of benzene rings is 2. The van der Waals surface area contributed by atoms with E-state index >= 15 is 0 Å². The number of hydrogen-bond donors (Lipinski definition) is 0. The zero-order valence-corrected chi connectivity index (χ0v) is 10.6. The fourth-order valence-corrected chi connectivity index (χ4v) is 2.00. The van der Waals surface area contributed by atoms with Gasteiger partial charge in [-0.25, -0.2) is 0 Å². The Labute approximate surface area is 107 Å². The molecule has 0 aliphatic rings. The first-order valence-corrected chi connectivity index (χ1v) is 6.22. The maximum absolute atomic E-state index is 10.7. The van der Waals surface area contributed by atoms with Crippen LogP contribution in [0.1, 0.15) is 5.56 Å². The van der Waals surface area contributed by atoms with Gasteiger partial charge in [-0.15, -0.1) is 0 Å². The van der Waals surface area contributed by atoms with Gasteiger partial charge < -0.3 is 0 Å². The van der Waals surface area contributed by atoms with Crippen LogP contribution in [0.3, 0.4) is 0 Å². The van der Waals surface area contributed by atoms with Gasteiger partial charge in [0, 0.05) is 6.08 Å². The van der Waals surface area contributed by atoms with Crippen LogP contribution in [0.15, 0.2) is 48.2 Å². The first kappa shape index (κ1) is 11.8. The molecule has 0 heterocycles. The van der Waals surface area contributed by atoms with Crippen molar-refractivity contribution in [1.29, 1.82) is 0 Å². The van der Waals surface area contributed by atoms with E-state index in [4.69, 9.17) is 0 Å². The van der Waals surface area contributed by atoms with Gasteiger partial charge in [-0.3, -0.25) is 10.1 Å². The summed E-state index contributed by atoms with van der Waals surface area (Å²) in [6.45, 7) is 0. The number of rotatable bonds is 3. The van der Waals surface area contributed by atoms with E-state index in [9.17, 15) is 10.1 Å². The van der Waals surface area contributed by atoms with E-state index in [1.807, 2.05) is 42.5 Å². The zero-order valence-electron chi connectivity index (χ0n) is 8.97. The lowest BCUT2D eigenvalue weighted by molar-refractivity contribution is -0.421. The summed E-state index contributed by atoms with van der Waals surface area (Å²) in [5.41, 5.74) is 0.995. The Hall–Kier alpha value is -1.68. The van der Waals surface area contributed by atoms with E-state index < -0.39 is 0 Å². The molecule has 0 amide bonds. The molecule has 0 N–H and O–H groups in total. The molecule has 0 unspecified atom stereocenters. The summed E-state index contributed by atoms with van der Waals surface area (Å²) in [6, 6.07) is 13.7. The fraction of sp³-hybridized carbons (Fsp3) is 0.0769. The number of hydrogen-bond acceptors (Lipinski definition) is 2. The quantitative estimate of drug-likeness (QED) is 0.490. The highest BCUT2D eigenvalue weighted by Crippen LogP contribution is 2.18. The molecule has 2 aromatic carbocycles. The van der Waals surface area contributed by atoms with Gasteiger partial charge in [0.2, 0.25) is 0 Å². The highest BCUT2D eigenvalue weighted by atomic mass is 79.9. The van der Waals surface area contributed by atoms with Gasteiger partial charge in [-0.2, -0.15) is 0 Å². The van der Waals surface area contributed by atoms with Crippen LogP contribution in [0.5, 0.6) is 0 Å². The average molecular weight is 292 g/mol. The first-order chi connectivity index (χ1) is 8.20. The van der Waals surface area contributed by atoms with E-state index in [0.717, 1.165) is 16.3 Å². The summed E-state index contributed by atoms with van der Waals surface area (Å²) < 4.78 is 0. The third kappa shape index (κ3) is 2.71. The molecular formula is C13H10BrNO2. The Balaban J connectivity index is 2.46. The Bertz CT molecular complexity index is 593. The molecule has 4 heteroatoms. The highest BCUT2D eigenvalue weighted by Gasteiger charge is 2.08. The molecule has 0 saturated carbocycles. The maximum Gasteiger partial charge on any atom is 0.257 e. The smallest absolute Gasteiger partial charge is 0.257 e. The lowest BCUT2D eigenvalue weighted by Gasteiger charge is -1.99. The van der Waals surface area contributed by atoms with Gasteiger partial charge >= 0.3 is 0 Å². The van der Waals surface area contributed by atoms with Crippen LogP contribution in [0.4, 0.5) is 0 Å². The van der Waals surface area contributed by atoms with Crippen LogP contribution in [-0.4, -0.2) is 10.3 Å². The molecule has 0 saturated heterocycles. The number of alkyl halides is 1. The summed E-state index contributed by atoms with van der Waals surface area (Å²) in [5, 5.41) is 13.2. The Morgan fingerprint density at radius 1 is 1.24 bits per heavy atom. The minimum atomic E-state index is -0.371. The summed E-state index contributed by atoms with van der Waals surface area (Å²) in [7, 11) is 0. The lowest BCUT2D eigenvalue weighted by atomic mass is 10.1. The van der Waals surface area contributed by atoms with Crippen molar-refractivity contribution in [3.05, 3.63) is 63.8 Å². The van der Waals surface area contributed by atoms with Gasteiger partial charge in [0.05, 0.1) is 10.3 Å². The number of allylic oxidation sites excluding steroid dienone is 1. The van der Waals surface area contributed by atoms with E-state index in [-0.39, 0.29) is 16.0 Å². The summed E-state index contributed by atoms with van der Waals surface area (Å²) in [6.07, 6.45) is 1.58. The second kappa shape index (κ2) is 5.10.